The van der Waals surface area contributed by atoms with E-state index in [1.165, 1.54) is 0 Å². The molecule has 0 aromatic heterocycles. The summed E-state index contributed by atoms with van der Waals surface area (Å²) in [6.45, 7) is 0. The van der Waals surface area contributed by atoms with E-state index in [4.69, 9.17) is 3.67 Å². The Morgan fingerprint density at radius 2 is 1.25 bits per heavy atom. The van der Waals surface area contributed by atoms with Crippen molar-refractivity contribution in [3.8, 4) is 0 Å². The van der Waals surface area contributed by atoms with Gasteiger partial charge in [-0.2, -0.15) is 0 Å². The molecule has 0 saturated heterocycles. The molecule has 4 heteroatoms. The van der Waals surface area contributed by atoms with Crippen LogP contribution in [0.4, 0.5) is 0 Å². The van der Waals surface area contributed by atoms with Crippen LogP contribution in [-0.4, -0.2) is 0 Å². The predicted octanol–water partition coefficient (Wildman–Crippen LogP) is -0.124. The van der Waals surface area contributed by atoms with E-state index in [2.05, 4.69) is 0 Å². The van der Waals surface area contributed by atoms with Gasteiger partial charge in [0.25, 0.3) is 0 Å². The topological polar surface area (TPSA) is 17.1 Å². The van der Waals surface area contributed by atoms with Crippen LogP contribution in [0.3, 0.4) is 0 Å². The second-order valence-corrected chi connectivity index (χ2v) is 0. The Kier molecular flexibility index (Phi) is 71.9. The number of hydrogen-bond acceptors (Lipinski definition) is 1. The van der Waals surface area contributed by atoms with Crippen LogP contribution < -0.4 is 0 Å². The monoisotopic (exact) mass is 255 g/mol. The minimum atomic E-state index is 0. The van der Waals surface area contributed by atoms with Crippen LogP contribution in [0.25, 0.3) is 0 Å². The summed E-state index contributed by atoms with van der Waals surface area (Å²) in [7, 11) is 0. The van der Waals surface area contributed by atoms with Gasteiger partial charge < -0.3 is 0 Å². The molecule has 0 atom stereocenters. The maximum absolute atomic E-state index is 8.19. The van der Waals surface area contributed by atoms with E-state index in [1.807, 2.05) is 0 Å². The maximum atomic E-state index is 8.19. The Labute approximate surface area is 82.8 Å². The fourth-order valence-electron chi connectivity index (χ4n) is 0. The van der Waals surface area contributed by atoms with E-state index >= 15 is 0 Å². The fourth-order valence-corrected chi connectivity index (χ4v) is 0. The molecule has 4 heavy (non-hydrogen) atoms. The van der Waals surface area contributed by atoms with Gasteiger partial charge >= 0.3 is 21.0 Å². The first-order valence-electron chi connectivity index (χ1n) is 0.183. The van der Waals surface area contributed by atoms with E-state index in [0.29, 0.717) is 0 Å². The van der Waals surface area contributed by atoms with Crippen molar-refractivity contribution >= 4 is 0 Å². The summed E-state index contributed by atoms with van der Waals surface area (Å²) >= 11 is 1.06. The molecule has 0 saturated carbocycles. The molecular weight excluding hydrogens is 255 g/mol. The van der Waals surface area contributed by atoms with Gasteiger partial charge in [0.2, 0.25) is 0 Å². The molecule has 0 aliphatic carbocycles. The van der Waals surface area contributed by atoms with Crippen LogP contribution >= 0.6 is 0 Å². The third-order valence-corrected chi connectivity index (χ3v) is 0. The van der Waals surface area contributed by atoms with E-state index < -0.39 is 0 Å². The van der Waals surface area contributed by atoms with Crippen molar-refractivity contribution in [1.29, 1.82) is 0 Å². The van der Waals surface area contributed by atoms with Crippen molar-refractivity contribution < 1.29 is 84.5 Å². The van der Waals surface area contributed by atoms with Gasteiger partial charge in [-0.25, -0.2) is 0 Å². The summed E-state index contributed by atoms with van der Waals surface area (Å²) < 4.78 is 8.19. The Bertz CT molecular complexity index is 8.00. The quantitative estimate of drug-likeness (QED) is 0.551. The normalized spacial score (nSPS) is 0.750. The summed E-state index contributed by atoms with van der Waals surface area (Å²) in [5.41, 5.74) is 0. The summed E-state index contributed by atoms with van der Waals surface area (Å²) in [5, 5.41) is 0. The van der Waals surface area contributed by atoms with Crippen molar-refractivity contribution in [3.05, 3.63) is 0 Å². The molecule has 0 aliphatic rings. The Balaban J connectivity index is -0.00000000500. The van der Waals surface area contributed by atoms with Crippen molar-refractivity contribution in [1.82, 2.24) is 0 Å². The van der Waals surface area contributed by atoms with Crippen molar-refractivity contribution in [3.63, 3.8) is 0 Å². The summed E-state index contributed by atoms with van der Waals surface area (Å²) in [5.74, 6) is 0. The third-order valence-electron chi connectivity index (χ3n) is 0. The summed E-state index contributed by atoms with van der Waals surface area (Å²) in [6.07, 6.45) is 0. The van der Waals surface area contributed by atoms with Gasteiger partial charge in [-0.15, -0.1) is 0 Å². The largest absolute Gasteiger partial charge is 0 e. The minimum Gasteiger partial charge on any atom is 0 e. The Morgan fingerprint density at radius 1 is 1.25 bits per heavy atom. The van der Waals surface area contributed by atoms with E-state index in [9.17, 15) is 0 Å². The van der Waals surface area contributed by atoms with E-state index in [1.54, 1.807) is 0 Å². The van der Waals surface area contributed by atoms with Gasteiger partial charge in [0.1, 0.15) is 0 Å². The summed E-state index contributed by atoms with van der Waals surface area (Å²) in [6, 6.07) is 0. The molecule has 0 fully saturated rings. The molecule has 0 aliphatic heterocycles. The fraction of sp³-hybridized carbons (Fsp3) is 0. The molecule has 0 aromatic carbocycles. The Morgan fingerprint density at radius 3 is 1.25 bits per heavy atom. The molecular formula is CeOTiV. The first-order valence-corrected chi connectivity index (χ1v) is 0.753. The van der Waals surface area contributed by atoms with Crippen molar-refractivity contribution in [2.24, 2.45) is 0 Å². The first-order chi connectivity index (χ1) is 1.00. The molecule has 0 unspecified atom stereocenters. The predicted molar refractivity (Wildman–Crippen MR) is 0.686 cm³/mol. The van der Waals surface area contributed by atoms with Gasteiger partial charge in [-0.1, -0.05) is 0 Å². The standard InChI is InChI=1S/Ce.O.Ti.V. The molecule has 0 spiro atoms. The van der Waals surface area contributed by atoms with Crippen molar-refractivity contribution in [2.75, 3.05) is 0 Å². The van der Waals surface area contributed by atoms with Crippen LogP contribution in [0.1, 0.15) is 0 Å². The second kappa shape index (κ2) is 17.9. The van der Waals surface area contributed by atoms with E-state index in [0.717, 1.165) is 17.4 Å². The average Bonchev–Trinajstić information content (AvgIpc) is 1.00. The Hall–Kier alpha value is 2.48. The van der Waals surface area contributed by atoms with Crippen molar-refractivity contribution in [2.45, 2.75) is 0 Å². The summed E-state index contributed by atoms with van der Waals surface area (Å²) in [4.78, 5) is 0. The SMILES string of the molecule is [Ce].[O]=[V].[Ti]. The third kappa shape index (κ3) is 8.82. The molecule has 0 N–H and O–H groups in total. The zero-order valence-corrected chi connectivity index (χ0v) is 7.95. The molecule has 0 bridgehead atoms. The molecule has 1 nitrogen and oxygen atoms in total. The van der Waals surface area contributed by atoms with Crippen LogP contribution in [0.2, 0.25) is 0 Å². The van der Waals surface area contributed by atoms with Gasteiger partial charge in [0.15, 0.2) is 0 Å². The van der Waals surface area contributed by atoms with Gasteiger partial charge in [-0.05, 0) is 0 Å². The van der Waals surface area contributed by atoms with Crippen LogP contribution in [0.5, 0.6) is 0 Å². The molecule has 0 heterocycles. The molecule has 0 amide bonds. The smallest absolute Gasteiger partial charge is 0 e. The molecule has 0 rings (SSSR count). The van der Waals surface area contributed by atoms with Gasteiger partial charge in [0.05, 0.1) is 0 Å². The van der Waals surface area contributed by atoms with Crippen LogP contribution in [0.15, 0.2) is 0 Å². The number of hydrogen-bond donors (Lipinski definition) is 0. The molecule has 19 valence electrons. The zero-order chi connectivity index (χ0) is 2.00. The maximum Gasteiger partial charge on any atom is 0 e. The van der Waals surface area contributed by atoms with E-state index in [-0.39, 0.29) is 63.5 Å². The van der Waals surface area contributed by atoms with Crippen LogP contribution in [-0.2, 0) is 42.8 Å². The van der Waals surface area contributed by atoms with Gasteiger partial charge in [-0.3, -0.25) is 0 Å². The zero-order valence-electron chi connectivity index (χ0n) is 1.86. The average molecular weight is 255 g/mol. The minimum absolute atomic E-state index is 0. The van der Waals surface area contributed by atoms with Gasteiger partial charge in [0, 0.05) is 63.5 Å². The molecule has 0 aromatic rings. The van der Waals surface area contributed by atoms with Crippen LogP contribution in [0, 0.1) is 41.7 Å². The molecule has 0 radical (unpaired) electrons. The second-order valence-electron chi connectivity index (χ2n) is 0. The number of rotatable bonds is 0. The first kappa shape index (κ1) is 16.1.